The zero-order valence-corrected chi connectivity index (χ0v) is 21.0. The predicted octanol–water partition coefficient (Wildman–Crippen LogP) is 7.19. The number of methoxy groups -OCH3 is 1. The number of hydrogen-bond donors (Lipinski definition) is 1. The highest BCUT2D eigenvalue weighted by Crippen LogP contribution is 2.40. The molecule has 5 nitrogen and oxygen atoms in total. The second-order valence-electron chi connectivity index (χ2n) is 8.24. The molecule has 0 saturated carbocycles. The molecule has 0 unspecified atom stereocenters. The van der Waals surface area contributed by atoms with E-state index in [1.165, 1.54) is 0 Å². The Balaban J connectivity index is 1.68. The van der Waals surface area contributed by atoms with Crippen molar-refractivity contribution in [1.29, 1.82) is 0 Å². The zero-order valence-electron chi connectivity index (χ0n) is 20.3. The Labute approximate surface area is 210 Å². The molecular formula is C29H28ClNO4. The van der Waals surface area contributed by atoms with Crippen LogP contribution >= 0.6 is 11.6 Å². The van der Waals surface area contributed by atoms with Crippen LogP contribution in [0.5, 0.6) is 11.5 Å². The second-order valence-corrected chi connectivity index (χ2v) is 8.68. The van der Waals surface area contributed by atoms with E-state index in [-0.39, 0.29) is 5.91 Å². The lowest BCUT2D eigenvalue weighted by molar-refractivity contribution is -0.116. The lowest BCUT2D eigenvalue weighted by Crippen LogP contribution is -2.20. The molecule has 0 saturated heterocycles. The van der Waals surface area contributed by atoms with Crippen LogP contribution in [-0.2, 0) is 11.3 Å². The third kappa shape index (κ3) is 5.36. The van der Waals surface area contributed by atoms with Gasteiger partial charge in [-0.15, -0.1) is 0 Å². The van der Waals surface area contributed by atoms with Gasteiger partial charge in [0.05, 0.1) is 20.0 Å². The van der Waals surface area contributed by atoms with Gasteiger partial charge in [-0.2, -0.15) is 0 Å². The lowest BCUT2D eigenvalue weighted by atomic mass is 9.96. The van der Waals surface area contributed by atoms with Gasteiger partial charge in [-0.25, -0.2) is 0 Å². The van der Waals surface area contributed by atoms with Crippen molar-refractivity contribution in [1.82, 2.24) is 5.32 Å². The molecule has 0 bridgehead atoms. The Hall–Kier alpha value is -3.70. The van der Waals surface area contributed by atoms with Gasteiger partial charge in [0, 0.05) is 39.7 Å². The SMILES string of the molecule is CCOc1c(/C(C)=C/C(=O)NCc2cccc(OC)c2)cc2c(-c3ccc(Cl)cc3)coc2c1C. The van der Waals surface area contributed by atoms with E-state index in [2.05, 4.69) is 5.32 Å². The van der Waals surface area contributed by atoms with Crippen LogP contribution in [0.25, 0.3) is 27.7 Å². The summed E-state index contributed by atoms with van der Waals surface area (Å²) in [5.74, 6) is 1.28. The second kappa shape index (κ2) is 10.7. The van der Waals surface area contributed by atoms with E-state index in [1.807, 2.05) is 75.4 Å². The number of allylic oxidation sites excluding steroid dienone is 1. The number of fused-ring (bicyclic) bond motifs is 1. The smallest absolute Gasteiger partial charge is 0.244 e. The van der Waals surface area contributed by atoms with Crippen molar-refractivity contribution in [2.24, 2.45) is 0 Å². The van der Waals surface area contributed by atoms with Gasteiger partial charge >= 0.3 is 0 Å². The van der Waals surface area contributed by atoms with Crippen molar-refractivity contribution < 1.29 is 18.7 Å². The van der Waals surface area contributed by atoms with E-state index in [0.29, 0.717) is 23.9 Å². The fraction of sp³-hybridized carbons (Fsp3) is 0.207. The van der Waals surface area contributed by atoms with Gasteiger partial charge in [-0.05, 0) is 67.8 Å². The first-order valence-electron chi connectivity index (χ1n) is 11.4. The maximum Gasteiger partial charge on any atom is 0.244 e. The Morgan fingerprint density at radius 3 is 2.63 bits per heavy atom. The molecule has 180 valence electrons. The quantitative estimate of drug-likeness (QED) is 0.266. The van der Waals surface area contributed by atoms with E-state index in [4.69, 9.17) is 25.5 Å². The summed E-state index contributed by atoms with van der Waals surface area (Å²) < 4.78 is 17.2. The molecule has 4 aromatic rings. The van der Waals surface area contributed by atoms with Crippen LogP contribution < -0.4 is 14.8 Å². The minimum Gasteiger partial charge on any atom is -0.497 e. The first-order chi connectivity index (χ1) is 16.9. The van der Waals surface area contributed by atoms with Crippen molar-refractivity contribution in [3.05, 3.63) is 88.6 Å². The van der Waals surface area contributed by atoms with Crippen LogP contribution in [0, 0.1) is 6.92 Å². The average molecular weight is 490 g/mol. The summed E-state index contributed by atoms with van der Waals surface area (Å²) in [5, 5.41) is 4.58. The number of carbonyl (C=O) groups is 1. The van der Waals surface area contributed by atoms with Gasteiger partial charge in [0.2, 0.25) is 5.91 Å². The maximum atomic E-state index is 12.8. The number of aryl methyl sites for hydroxylation is 1. The number of benzene rings is 3. The third-order valence-corrected chi connectivity index (χ3v) is 6.11. The van der Waals surface area contributed by atoms with Crippen LogP contribution in [0.1, 0.15) is 30.5 Å². The largest absolute Gasteiger partial charge is 0.497 e. The standard InChI is InChI=1S/C29H28ClNO4/c1-5-34-28-19(3)29-25(26(17-35-29)21-9-11-22(30)12-10-21)15-24(28)18(2)13-27(32)31-16-20-7-6-8-23(14-20)33-4/h6-15,17H,5,16H2,1-4H3,(H,31,32)/b18-13+. The number of furan rings is 1. The van der Waals surface area contributed by atoms with Crippen LogP contribution in [0.4, 0.5) is 0 Å². The van der Waals surface area contributed by atoms with Gasteiger partial charge < -0.3 is 19.2 Å². The van der Waals surface area contributed by atoms with Crippen molar-refractivity contribution in [3.8, 4) is 22.6 Å². The normalized spacial score (nSPS) is 11.5. The Morgan fingerprint density at radius 2 is 1.91 bits per heavy atom. The molecule has 1 N–H and O–H groups in total. The molecule has 35 heavy (non-hydrogen) atoms. The van der Waals surface area contributed by atoms with E-state index < -0.39 is 0 Å². The highest BCUT2D eigenvalue weighted by atomic mass is 35.5. The fourth-order valence-electron chi connectivity index (χ4n) is 4.09. The van der Waals surface area contributed by atoms with Crippen LogP contribution in [0.15, 0.2) is 71.4 Å². The van der Waals surface area contributed by atoms with Crippen molar-refractivity contribution in [2.45, 2.75) is 27.3 Å². The van der Waals surface area contributed by atoms with Crippen LogP contribution in [0.2, 0.25) is 5.02 Å². The number of carbonyl (C=O) groups excluding carboxylic acids is 1. The van der Waals surface area contributed by atoms with Gasteiger partial charge in [-0.1, -0.05) is 35.9 Å². The van der Waals surface area contributed by atoms with E-state index in [0.717, 1.165) is 50.1 Å². The first kappa shape index (κ1) is 24.4. The molecule has 0 radical (unpaired) electrons. The molecule has 0 fully saturated rings. The zero-order chi connectivity index (χ0) is 24.9. The minimum atomic E-state index is -0.185. The first-order valence-corrected chi connectivity index (χ1v) is 11.8. The maximum absolute atomic E-state index is 12.8. The summed E-state index contributed by atoms with van der Waals surface area (Å²) >= 11 is 6.08. The number of hydrogen-bond acceptors (Lipinski definition) is 4. The fourth-order valence-corrected chi connectivity index (χ4v) is 4.22. The summed E-state index contributed by atoms with van der Waals surface area (Å²) in [4.78, 5) is 12.8. The molecular weight excluding hydrogens is 462 g/mol. The number of amides is 1. The molecule has 0 atom stereocenters. The summed E-state index contributed by atoms with van der Waals surface area (Å²) in [6.07, 6.45) is 3.35. The number of nitrogens with one attached hydrogen (secondary N) is 1. The van der Waals surface area contributed by atoms with Crippen molar-refractivity contribution in [2.75, 3.05) is 13.7 Å². The summed E-state index contributed by atoms with van der Waals surface area (Å²) in [5.41, 5.74) is 6.22. The molecule has 6 heteroatoms. The third-order valence-electron chi connectivity index (χ3n) is 5.86. The molecule has 0 spiro atoms. The number of ether oxygens (including phenoxy) is 2. The number of rotatable bonds is 8. The lowest BCUT2D eigenvalue weighted by Gasteiger charge is -2.15. The summed E-state index contributed by atoms with van der Waals surface area (Å²) in [7, 11) is 1.62. The molecule has 1 aromatic heterocycles. The number of halogens is 1. The van der Waals surface area contributed by atoms with E-state index in [1.54, 1.807) is 19.4 Å². The van der Waals surface area contributed by atoms with E-state index in [9.17, 15) is 4.79 Å². The molecule has 1 amide bonds. The molecule has 3 aromatic carbocycles. The Bertz CT molecular complexity index is 1390. The van der Waals surface area contributed by atoms with Gasteiger partial charge in [0.15, 0.2) is 0 Å². The summed E-state index contributed by atoms with van der Waals surface area (Å²) in [6, 6.07) is 17.3. The molecule has 0 aliphatic carbocycles. The Morgan fingerprint density at radius 1 is 1.14 bits per heavy atom. The topological polar surface area (TPSA) is 60.7 Å². The van der Waals surface area contributed by atoms with Gasteiger partial charge in [0.1, 0.15) is 17.1 Å². The van der Waals surface area contributed by atoms with Crippen molar-refractivity contribution in [3.63, 3.8) is 0 Å². The van der Waals surface area contributed by atoms with Gasteiger partial charge in [0.25, 0.3) is 0 Å². The average Bonchev–Trinajstić information content (AvgIpc) is 3.29. The predicted molar refractivity (Wildman–Crippen MR) is 141 cm³/mol. The molecule has 4 rings (SSSR count). The van der Waals surface area contributed by atoms with Crippen LogP contribution in [-0.4, -0.2) is 19.6 Å². The van der Waals surface area contributed by atoms with Gasteiger partial charge in [-0.3, -0.25) is 4.79 Å². The monoisotopic (exact) mass is 489 g/mol. The van der Waals surface area contributed by atoms with E-state index >= 15 is 0 Å². The molecule has 0 aliphatic heterocycles. The summed E-state index contributed by atoms with van der Waals surface area (Å²) in [6.45, 7) is 6.73. The highest BCUT2D eigenvalue weighted by Gasteiger charge is 2.19. The molecule has 0 aliphatic rings. The highest BCUT2D eigenvalue weighted by molar-refractivity contribution is 6.30. The van der Waals surface area contributed by atoms with Crippen LogP contribution in [0.3, 0.4) is 0 Å². The minimum absolute atomic E-state index is 0.185. The van der Waals surface area contributed by atoms with Crippen molar-refractivity contribution >= 4 is 34.1 Å². The molecule has 1 heterocycles. The Kier molecular flexibility index (Phi) is 7.47.